The Balaban J connectivity index is 1.33. The van der Waals surface area contributed by atoms with E-state index in [0.717, 1.165) is 30.9 Å². The van der Waals surface area contributed by atoms with E-state index in [-0.39, 0.29) is 0 Å². The first-order chi connectivity index (χ1) is 11.3. The molecule has 0 amide bonds. The molecular formula is C18H32ClN3O. The first-order valence-electron chi connectivity index (χ1n) is 9.81. The molecule has 0 bridgehead atoms. The maximum Gasteiger partial charge on any atom is 0.0736 e. The van der Waals surface area contributed by atoms with Crippen LogP contribution in [0.15, 0.2) is 0 Å². The van der Waals surface area contributed by atoms with Crippen molar-refractivity contribution >= 4 is 11.6 Å². The highest BCUT2D eigenvalue weighted by atomic mass is 35.5. The maximum atomic E-state index is 6.30. The minimum atomic E-state index is 0.410. The van der Waals surface area contributed by atoms with Gasteiger partial charge in [0.05, 0.1) is 12.3 Å². The van der Waals surface area contributed by atoms with Crippen LogP contribution in [0.3, 0.4) is 0 Å². The topological polar surface area (TPSA) is 45.3 Å². The van der Waals surface area contributed by atoms with Crippen LogP contribution in [0, 0.1) is 17.8 Å². The van der Waals surface area contributed by atoms with Crippen LogP contribution < -0.4 is 16.2 Å². The largest absolute Gasteiger partial charge is 0.377 e. The fourth-order valence-corrected chi connectivity index (χ4v) is 5.70. The van der Waals surface area contributed by atoms with Crippen molar-refractivity contribution in [2.45, 2.75) is 81.5 Å². The van der Waals surface area contributed by atoms with Crippen molar-refractivity contribution in [1.29, 1.82) is 0 Å². The molecule has 5 unspecified atom stereocenters. The lowest BCUT2D eigenvalue weighted by Crippen LogP contribution is -2.66. The Morgan fingerprint density at radius 1 is 0.913 bits per heavy atom. The highest BCUT2D eigenvalue weighted by Crippen LogP contribution is 2.43. The Hall–Kier alpha value is 0.130. The Labute approximate surface area is 145 Å². The van der Waals surface area contributed by atoms with Gasteiger partial charge < -0.3 is 4.74 Å². The number of nitrogens with one attached hydrogen (secondary N) is 3. The van der Waals surface area contributed by atoms with Crippen LogP contribution in [0.2, 0.25) is 0 Å². The summed E-state index contributed by atoms with van der Waals surface area (Å²) in [5, 5.41) is 4.17. The summed E-state index contributed by atoms with van der Waals surface area (Å²) in [4.78, 5) is 0. The summed E-state index contributed by atoms with van der Waals surface area (Å²) >= 11 is 6.30. The SMILES string of the molecule is ClC1CCC(C2NNC(NCC3CCCO3)C3CCCC32)CC1. The zero-order valence-corrected chi connectivity index (χ0v) is 14.9. The minimum absolute atomic E-state index is 0.410. The van der Waals surface area contributed by atoms with E-state index in [2.05, 4.69) is 16.2 Å². The van der Waals surface area contributed by atoms with Gasteiger partial charge in [-0.25, -0.2) is 5.43 Å². The molecule has 4 fully saturated rings. The van der Waals surface area contributed by atoms with Gasteiger partial charge >= 0.3 is 0 Å². The van der Waals surface area contributed by atoms with Crippen LogP contribution in [-0.2, 0) is 4.74 Å². The summed E-state index contributed by atoms with van der Waals surface area (Å²) in [6, 6.07) is 0.646. The average molecular weight is 342 g/mol. The van der Waals surface area contributed by atoms with E-state index in [9.17, 15) is 0 Å². The number of ether oxygens (including phenoxy) is 1. The minimum Gasteiger partial charge on any atom is -0.377 e. The van der Waals surface area contributed by atoms with Crippen LogP contribution in [-0.4, -0.2) is 36.8 Å². The number of fused-ring (bicyclic) bond motifs is 1. The molecule has 5 atom stereocenters. The van der Waals surface area contributed by atoms with Gasteiger partial charge in [0.1, 0.15) is 0 Å². The van der Waals surface area contributed by atoms with Crippen molar-refractivity contribution in [1.82, 2.24) is 16.2 Å². The molecular weight excluding hydrogens is 310 g/mol. The second-order valence-electron chi connectivity index (χ2n) is 8.11. The summed E-state index contributed by atoms with van der Waals surface area (Å²) in [5.41, 5.74) is 7.33. The van der Waals surface area contributed by atoms with E-state index >= 15 is 0 Å². The zero-order chi connectivity index (χ0) is 15.6. The number of hydrogen-bond donors (Lipinski definition) is 3. The lowest BCUT2D eigenvalue weighted by molar-refractivity contribution is 0.0558. The Bertz CT molecular complexity index is 382. The predicted molar refractivity (Wildman–Crippen MR) is 93.3 cm³/mol. The van der Waals surface area contributed by atoms with E-state index in [4.69, 9.17) is 16.3 Å². The molecule has 0 aromatic heterocycles. The normalized spacial score (nSPS) is 47.6. The molecule has 4 nitrogen and oxygen atoms in total. The van der Waals surface area contributed by atoms with E-state index in [1.165, 1.54) is 57.8 Å². The van der Waals surface area contributed by atoms with Crippen LogP contribution in [0.4, 0.5) is 0 Å². The summed E-state index contributed by atoms with van der Waals surface area (Å²) in [6.45, 7) is 1.94. The molecule has 0 radical (unpaired) electrons. The van der Waals surface area contributed by atoms with Crippen molar-refractivity contribution < 1.29 is 4.74 Å². The summed E-state index contributed by atoms with van der Waals surface area (Å²) < 4.78 is 5.76. The molecule has 2 aliphatic heterocycles. The zero-order valence-electron chi connectivity index (χ0n) is 14.1. The molecule has 132 valence electrons. The number of hydrazine groups is 1. The molecule has 5 heteroatoms. The standard InChI is InChI=1S/C18H32ClN3O/c19-13-8-6-12(7-9-13)17-15-4-1-5-16(15)18(22-21-17)20-11-14-3-2-10-23-14/h12-18,20-22H,1-11H2. The van der Waals surface area contributed by atoms with E-state index in [1.54, 1.807) is 0 Å². The molecule has 4 rings (SSSR count). The van der Waals surface area contributed by atoms with Crippen LogP contribution in [0.1, 0.15) is 57.8 Å². The summed E-state index contributed by atoms with van der Waals surface area (Å²) in [7, 11) is 0. The summed E-state index contributed by atoms with van der Waals surface area (Å²) in [5.74, 6) is 2.41. The molecule has 2 saturated carbocycles. The van der Waals surface area contributed by atoms with E-state index in [0.29, 0.717) is 23.7 Å². The molecule has 4 aliphatic rings. The van der Waals surface area contributed by atoms with Crippen LogP contribution in [0.5, 0.6) is 0 Å². The second-order valence-corrected chi connectivity index (χ2v) is 8.72. The molecule has 3 N–H and O–H groups in total. The number of alkyl halides is 1. The maximum absolute atomic E-state index is 6.30. The van der Waals surface area contributed by atoms with Gasteiger partial charge in [-0.3, -0.25) is 10.7 Å². The highest BCUT2D eigenvalue weighted by molar-refractivity contribution is 6.20. The van der Waals surface area contributed by atoms with Crippen LogP contribution >= 0.6 is 11.6 Å². The van der Waals surface area contributed by atoms with Gasteiger partial charge in [0.15, 0.2) is 0 Å². The van der Waals surface area contributed by atoms with Crippen molar-refractivity contribution in [2.24, 2.45) is 17.8 Å². The lowest BCUT2D eigenvalue weighted by atomic mass is 9.74. The quantitative estimate of drug-likeness (QED) is 0.688. The van der Waals surface area contributed by atoms with Crippen LogP contribution in [0.25, 0.3) is 0 Å². The third kappa shape index (κ3) is 3.72. The van der Waals surface area contributed by atoms with Gasteiger partial charge in [-0.1, -0.05) is 6.42 Å². The smallest absolute Gasteiger partial charge is 0.0736 e. The van der Waals surface area contributed by atoms with Crippen molar-refractivity contribution in [3.63, 3.8) is 0 Å². The molecule has 0 spiro atoms. The van der Waals surface area contributed by atoms with Crippen molar-refractivity contribution in [2.75, 3.05) is 13.2 Å². The van der Waals surface area contributed by atoms with E-state index in [1.807, 2.05) is 0 Å². The second kappa shape index (κ2) is 7.57. The molecule has 2 saturated heterocycles. The molecule has 2 aliphatic carbocycles. The van der Waals surface area contributed by atoms with Gasteiger partial charge in [0.2, 0.25) is 0 Å². The van der Waals surface area contributed by atoms with Gasteiger partial charge in [-0.05, 0) is 69.1 Å². The van der Waals surface area contributed by atoms with Crippen molar-refractivity contribution in [3.05, 3.63) is 0 Å². The third-order valence-corrected chi connectivity index (χ3v) is 7.15. The number of rotatable bonds is 4. The monoisotopic (exact) mass is 341 g/mol. The first-order valence-corrected chi connectivity index (χ1v) is 10.2. The van der Waals surface area contributed by atoms with Crippen molar-refractivity contribution in [3.8, 4) is 0 Å². The van der Waals surface area contributed by atoms with Gasteiger partial charge in [-0.2, -0.15) is 0 Å². The Kier molecular flexibility index (Phi) is 5.46. The Morgan fingerprint density at radius 3 is 2.52 bits per heavy atom. The highest BCUT2D eigenvalue weighted by Gasteiger charge is 2.45. The lowest BCUT2D eigenvalue weighted by Gasteiger charge is -2.46. The van der Waals surface area contributed by atoms with Gasteiger partial charge in [-0.15, -0.1) is 11.6 Å². The fourth-order valence-electron chi connectivity index (χ4n) is 5.45. The third-order valence-electron chi connectivity index (χ3n) is 6.72. The average Bonchev–Trinajstić information content (AvgIpc) is 3.25. The van der Waals surface area contributed by atoms with Gasteiger partial charge in [0, 0.05) is 24.6 Å². The molecule has 2 heterocycles. The van der Waals surface area contributed by atoms with E-state index < -0.39 is 0 Å². The number of halogens is 1. The Morgan fingerprint density at radius 2 is 1.74 bits per heavy atom. The van der Waals surface area contributed by atoms with Gasteiger partial charge in [0.25, 0.3) is 0 Å². The first kappa shape index (κ1) is 16.6. The summed E-state index contributed by atoms with van der Waals surface area (Å²) in [6.07, 6.45) is 12.4. The fraction of sp³-hybridized carbons (Fsp3) is 1.00. The number of hydrogen-bond acceptors (Lipinski definition) is 4. The molecule has 23 heavy (non-hydrogen) atoms. The molecule has 0 aromatic carbocycles. The predicted octanol–water partition coefficient (Wildman–Crippen LogP) is 2.77. The molecule has 0 aromatic rings.